The SMILES string of the molecule is CCOc1ccc(-c2nn(-c3ccccc3)cc2/C=C2/C(=O)N(Cc3ccc(C)cc3)C(=O)C(C#N)=C2C)cc1F. The minimum Gasteiger partial charge on any atom is -0.491 e. The summed E-state index contributed by atoms with van der Waals surface area (Å²) in [4.78, 5) is 28.0. The van der Waals surface area contributed by atoms with Crippen molar-refractivity contribution in [1.82, 2.24) is 14.7 Å². The van der Waals surface area contributed by atoms with Crippen molar-refractivity contribution in [3.63, 3.8) is 0 Å². The molecule has 7 nitrogen and oxygen atoms in total. The van der Waals surface area contributed by atoms with Gasteiger partial charge in [-0.3, -0.25) is 14.5 Å². The molecule has 4 aromatic rings. The summed E-state index contributed by atoms with van der Waals surface area (Å²) in [5.41, 5.74) is 4.35. The summed E-state index contributed by atoms with van der Waals surface area (Å²) in [5.74, 6) is -1.57. The number of para-hydroxylation sites is 1. The molecule has 5 rings (SSSR count). The van der Waals surface area contributed by atoms with Crippen molar-refractivity contribution in [3.8, 4) is 28.8 Å². The van der Waals surface area contributed by atoms with Crippen LogP contribution in [-0.2, 0) is 16.1 Å². The number of aryl methyl sites for hydroxylation is 1. The number of amides is 2. The van der Waals surface area contributed by atoms with Gasteiger partial charge in [-0.2, -0.15) is 10.4 Å². The summed E-state index contributed by atoms with van der Waals surface area (Å²) in [6.45, 7) is 5.65. The van der Waals surface area contributed by atoms with Crippen molar-refractivity contribution < 1.29 is 18.7 Å². The fourth-order valence-corrected chi connectivity index (χ4v) is 4.66. The molecular weight excluding hydrogens is 519 g/mol. The average molecular weight is 547 g/mol. The summed E-state index contributed by atoms with van der Waals surface area (Å²) in [6.07, 6.45) is 3.35. The van der Waals surface area contributed by atoms with Gasteiger partial charge in [-0.1, -0.05) is 48.0 Å². The zero-order valence-electron chi connectivity index (χ0n) is 22.9. The van der Waals surface area contributed by atoms with Crippen molar-refractivity contribution >= 4 is 17.9 Å². The normalized spacial score (nSPS) is 14.5. The molecule has 1 aliphatic rings. The van der Waals surface area contributed by atoms with Gasteiger partial charge in [-0.15, -0.1) is 0 Å². The Morgan fingerprint density at radius 1 is 1.00 bits per heavy atom. The first-order valence-electron chi connectivity index (χ1n) is 13.1. The highest BCUT2D eigenvalue weighted by atomic mass is 19.1. The topological polar surface area (TPSA) is 88.2 Å². The molecule has 2 amide bonds. The lowest BCUT2D eigenvalue weighted by atomic mass is 9.93. The van der Waals surface area contributed by atoms with E-state index in [2.05, 4.69) is 0 Å². The maximum absolute atomic E-state index is 14.9. The Morgan fingerprint density at radius 2 is 1.73 bits per heavy atom. The molecule has 0 bridgehead atoms. The van der Waals surface area contributed by atoms with E-state index in [1.807, 2.05) is 67.6 Å². The Labute approximate surface area is 237 Å². The smallest absolute Gasteiger partial charge is 0.271 e. The molecule has 204 valence electrons. The lowest BCUT2D eigenvalue weighted by Gasteiger charge is -2.27. The molecule has 8 heteroatoms. The second kappa shape index (κ2) is 11.4. The Bertz CT molecular complexity index is 1750. The van der Waals surface area contributed by atoms with Gasteiger partial charge in [0, 0.05) is 22.9 Å². The minimum absolute atomic E-state index is 0.0218. The molecule has 0 fully saturated rings. The number of carbonyl (C=O) groups excluding carboxylic acids is 2. The Kier molecular flexibility index (Phi) is 7.61. The van der Waals surface area contributed by atoms with E-state index in [1.54, 1.807) is 42.9 Å². The largest absolute Gasteiger partial charge is 0.491 e. The fourth-order valence-electron chi connectivity index (χ4n) is 4.66. The van der Waals surface area contributed by atoms with E-state index in [0.717, 1.165) is 21.7 Å². The maximum Gasteiger partial charge on any atom is 0.271 e. The first kappa shape index (κ1) is 27.3. The number of rotatable bonds is 7. The van der Waals surface area contributed by atoms with Gasteiger partial charge in [-0.25, -0.2) is 9.07 Å². The molecule has 1 aliphatic heterocycles. The lowest BCUT2D eigenvalue weighted by Crippen LogP contribution is -2.42. The second-order valence-electron chi connectivity index (χ2n) is 9.64. The third-order valence-corrected chi connectivity index (χ3v) is 6.85. The van der Waals surface area contributed by atoms with Crippen LogP contribution in [0.4, 0.5) is 4.39 Å². The van der Waals surface area contributed by atoms with Gasteiger partial charge < -0.3 is 4.74 Å². The number of hydrogen-bond donors (Lipinski definition) is 0. The molecule has 0 saturated carbocycles. The number of benzene rings is 3. The summed E-state index contributed by atoms with van der Waals surface area (Å²) >= 11 is 0. The van der Waals surface area contributed by atoms with Gasteiger partial charge in [-0.05, 0) is 68.3 Å². The van der Waals surface area contributed by atoms with Gasteiger partial charge in [0.25, 0.3) is 11.8 Å². The highest BCUT2D eigenvalue weighted by molar-refractivity contribution is 6.19. The van der Waals surface area contributed by atoms with Gasteiger partial charge in [0.2, 0.25) is 0 Å². The summed E-state index contributed by atoms with van der Waals surface area (Å²) in [5, 5.41) is 14.6. The van der Waals surface area contributed by atoms with E-state index in [-0.39, 0.29) is 29.0 Å². The quantitative estimate of drug-likeness (QED) is 0.204. The van der Waals surface area contributed by atoms with Gasteiger partial charge >= 0.3 is 0 Å². The predicted molar refractivity (Wildman–Crippen MR) is 153 cm³/mol. The molecular formula is C33H27FN4O3. The average Bonchev–Trinajstić information content (AvgIpc) is 3.40. The molecule has 0 aliphatic carbocycles. The molecule has 0 spiro atoms. The highest BCUT2D eigenvalue weighted by Crippen LogP contribution is 2.33. The first-order chi connectivity index (χ1) is 19.8. The third-order valence-electron chi connectivity index (χ3n) is 6.85. The number of imide groups is 1. The first-order valence-corrected chi connectivity index (χ1v) is 13.1. The van der Waals surface area contributed by atoms with E-state index < -0.39 is 17.6 Å². The number of nitriles is 1. The van der Waals surface area contributed by atoms with Crippen molar-refractivity contribution in [2.45, 2.75) is 27.3 Å². The van der Waals surface area contributed by atoms with Crippen molar-refractivity contribution in [2.24, 2.45) is 0 Å². The Hall–Kier alpha value is -5.29. The summed E-state index contributed by atoms with van der Waals surface area (Å²) in [7, 11) is 0. The van der Waals surface area contributed by atoms with E-state index in [4.69, 9.17) is 9.84 Å². The van der Waals surface area contributed by atoms with Crippen LogP contribution in [-0.4, -0.2) is 33.1 Å². The van der Waals surface area contributed by atoms with Crippen molar-refractivity contribution in [3.05, 3.63) is 118 Å². The van der Waals surface area contributed by atoms with Crippen LogP contribution < -0.4 is 4.74 Å². The number of aromatic nitrogens is 2. The summed E-state index contributed by atoms with van der Waals surface area (Å²) in [6, 6.07) is 23.4. The molecule has 0 atom stereocenters. The van der Waals surface area contributed by atoms with E-state index in [0.29, 0.717) is 23.4 Å². The zero-order chi connectivity index (χ0) is 29.1. The number of carbonyl (C=O) groups is 2. The van der Waals surface area contributed by atoms with Crippen LogP contribution in [0.2, 0.25) is 0 Å². The molecule has 41 heavy (non-hydrogen) atoms. The van der Waals surface area contributed by atoms with E-state index >= 15 is 0 Å². The molecule has 0 N–H and O–H groups in total. The lowest BCUT2D eigenvalue weighted by molar-refractivity contribution is -0.141. The van der Waals surface area contributed by atoms with Crippen molar-refractivity contribution in [1.29, 1.82) is 5.26 Å². The van der Waals surface area contributed by atoms with Crippen molar-refractivity contribution in [2.75, 3.05) is 6.61 Å². The monoisotopic (exact) mass is 546 g/mol. The fraction of sp³-hybridized carbons (Fsp3) is 0.152. The van der Waals surface area contributed by atoms with Crippen LogP contribution >= 0.6 is 0 Å². The van der Waals surface area contributed by atoms with Crippen LogP contribution in [0.3, 0.4) is 0 Å². The number of ether oxygens (including phenoxy) is 1. The number of hydrogen-bond acceptors (Lipinski definition) is 5. The predicted octanol–water partition coefficient (Wildman–Crippen LogP) is 6.18. The van der Waals surface area contributed by atoms with Crippen LogP contribution in [0.1, 0.15) is 30.5 Å². The second-order valence-corrected chi connectivity index (χ2v) is 9.64. The van der Waals surface area contributed by atoms with Crippen LogP contribution in [0.15, 0.2) is 95.7 Å². The third kappa shape index (κ3) is 5.43. The molecule has 0 unspecified atom stereocenters. The zero-order valence-corrected chi connectivity index (χ0v) is 22.9. The van der Waals surface area contributed by atoms with Crippen LogP contribution in [0.25, 0.3) is 23.0 Å². The van der Waals surface area contributed by atoms with Crippen LogP contribution in [0.5, 0.6) is 5.75 Å². The number of halogens is 1. The van der Waals surface area contributed by atoms with Gasteiger partial charge in [0.05, 0.1) is 18.8 Å². The van der Waals surface area contributed by atoms with Gasteiger partial charge in [0.1, 0.15) is 17.3 Å². The highest BCUT2D eigenvalue weighted by Gasteiger charge is 2.35. The summed E-state index contributed by atoms with van der Waals surface area (Å²) < 4.78 is 21.9. The minimum atomic E-state index is -0.637. The Morgan fingerprint density at radius 3 is 2.39 bits per heavy atom. The van der Waals surface area contributed by atoms with Gasteiger partial charge in [0.15, 0.2) is 11.6 Å². The molecule has 3 aromatic carbocycles. The Balaban J connectivity index is 1.64. The molecule has 2 heterocycles. The van der Waals surface area contributed by atoms with E-state index in [1.165, 1.54) is 6.07 Å². The standard InChI is InChI=1S/C33H27FN4O3/c1-4-41-30-15-14-24(17-29(30)34)31-25(20-38(36-31)26-8-6-5-7-9-26)16-27-22(3)28(18-35)33(40)37(32(27)39)19-23-12-10-21(2)11-13-23/h5-17,20H,4,19H2,1-3H3/b27-16+. The maximum atomic E-state index is 14.9. The van der Waals surface area contributed by atoms with E-state index in [9.17, 15) is 19.2 Å². The molecule has 0 radical (unpaired) electrons. The molecule has 1 aromatic heterocycles. The van der Waals surface area contributed by atoms with Crippen LogP contribution in [0, 0.1) is 24.1 Å². The number of nitrogens with zero attached hydrogens (tertiary/aromatic N) is 4. The molecule has 0 saturated heterocycles.